The summed E-state index contributed by atoms with van der Waals surface area (Å²) in [6.07, 6.45) is 3.82. The smallest absolute Gasteiger partial charge is 0.271 e. The number of nitrogens with zero attached hydrogens (tertiary/aromatic N) is 2. The second kappa shape index (κ2) is 8.05. The molecule has 2 aromatic rings. The Bertz CT molecular complexity index is 827. The predicted octanol–water partition coefficient (Wildman–Crippen LogP) is 1.97. The number of aryl methyl sites for hydroxylation is 2. The molecule has 0 radical (unpaired) electrons. The lowest BCUT2D eigenvalue weighted by molar-refractivity contribution is -0.100. The van der Waals surface area contributed by atoms with Crippen molar-refractivity contribution >= 4 is 5.91 Å². The summed E-state index contributed by atoms with van der Waals surface area (Å²) in [5.74, 6) is -0.0882. The van der Waals surface area contributed by atoms with Gasteiger partial charge in [-0.05, 0) is 31.2 Å². The number of hydrogen-bond acceptors (Lipinski definition) is 4. The van der Waals surface area contributed by atoms with Crippen molar-refractivity contribution in [2.24, 2.45) is 5.41 Å². The lowest BCUT2D eigenvalue weighted by atomic mass is 9.86. The fraction of sp³-hybridized carbons (Fsp3) is 0.545. The normalized spacial score (nSPS) is 20.3. The number of carbonyl (C=O) groups excluding carboxylic acids is 1. The Hall–Kier alpha value is -2.18. The third kappa shape index (κ3) is 3.98. The van der Waals surface area contributed by atoms with Crippen LogP contribution in [0.1, 0.15) is 40.7 Å². The van der Waals surface area contributed by atoms with Gasteiger partial charge in [0.15, 0.2) is 5.69 Å². The highest BCUT2D eigenvalue weighted by atomic mass is 16.5. The first-order chi connectivity index (χ1) is 13.6. The zero-order valence-corrected chi connectivity index (χ0v) is 16.8. The molecule has 0 spiro atoms. The SMILES string of the molecule is CNC(=O)c1nn(CCc2ccccc2)c2c1C[C@@H](NCC1(C)COC1)CC2. The van der Waals surface area contributed by atoms with Crippen LogP contribution in [0.4, 0.5) is 0 Å². The number of carbonyl (C=O) groups is 1. The van der Waals surface area contributed by atoms with Crippen LogP contribution in [-0.2, 0) is 30.5 Å². The Morgan fingerprint density at radius 3 is 2.79 bits per heavy atom. The van der Waals surface area contributed by atoms with Crippen LogP contribution < -0.4 is 10.6 Å². The van der Waals surface area contributed by atoms with Crippen LogP contribution in [0, 0.1) is 5.41 Å². The molecule has 6 nitrogen and oxygen atoms in total. The molecule has 1 atom stereocenters. The van der Waals surface area contributed by atoms with Crippen LogP contribution in [-0.4, -0.2) is 48.5 Å². The molecule has 0 unspecified atom stereocenters. The summed E-state index contributed by atoms with van der Waals surface area (Å²) in [6, 6.07) is 10.8. The van der Waals surface area contributed by atoms with E-state index in [-0.39, 0.29) is 11.3 Å². The van der Waals surface area contributed by atoms with E-state index in [4.69, 9.17) is 9.84 Å². The Morgan fingerprint density at radius 1 is 1.32 bits per heavy atom. The molecule has 2 aliphatic rings. The van der Waals surface area contributed by atoms with Crippen LogP contribution in [0.5, 0.6) is 0 Å². The molecule has 1 aliphatic carbocycles. The van der Waals surface area contributed by atoms with E-state index in [0.717, 1.165) is 57.6 Å². The minimum atomic E-state index is -0.0882. The number of benzene rings is 1. The van der Waals surface area contributed by atoms with Crippen LogP contribution in [0.2, 0.25) is 0 Å². The van der Waals surface area contributed by atoms with E-state index in [2.05, 4.69) is 46.5 Å². The van der Waals surface area contributed by atoms with E-state index >= 15 is 0 Å². The number of hydrogen-bond donors (Lipinski definition) is 2. The number of rotatable bonds is 7. The Kier molecular flexibility index (Phi) is 5.51. The van der Waals surface area contributed by atoms with Gasteiger partial charge in [-0.15, -0.1) is 0 Å². The Labute approximate surface area is 166 Å². The van der Waals surface area contributed by atoms with E-state index in [1.54, 1.807) is 7.05 Å². The van der Waals surface area contributed by atoms with Gasteiger partial charge in [-0.2, -0.15) is 5.10 Å². The summed E-state index contributed by atoms with van der Waals surface area (Å²) in [4.78, 5) is 12.4. The molecule has 1 fully saturated rings. The predicted molar refractivity (Wildman–Crippen MR) is 109 cm³/mol. The standard InChI is InChI=1S/C22H30N4O2/c1-22(14-28-15-22)13-24-17-8-9-19-18(12-17)20(21(27)23-2)25-26(19)11-10-16-6-4-3-5-7-16/h3-7,17,24H,8-15H2,1-2H3,(H,23,27)/t17-/m0/s1. The van der Waals surface area contributed by atoms with Gasteiger partial charge in [0, 0.05) is 42.9 Å². The van der Waals surface area contributed by atoms with Gasteiger partial charge in [-0.3, -0.25) is 9.48 Å². The Balaban J connectivity index is 1.48. The zero-order valence-electron chi connectivity index (χ0n) is 16.8. The van der Waals surface area contributed by atoms with Crippen molar-refractivity contribution in [3.63, 3.8) is 0 Å². The topological polar surface area (TPSA) is 68.2 Å². The molecule has 2 N–H and O–H groups in total. The first-order valence-corrected chi connectivity index (χ1v) is 10.2. The molecule has 0 saturated carbocycles. The summed E-state index contributed by atoms with van der Waals surface area (Å²) in [7, 11) is 1.67. The van der Waals surface area contributed by atoms with Crippen molar-refractivity contribution in [3.05, 3.63) is 52.8 Å². The quantitative estimate of drug-likeness (QED) is 0.768. The lowest BCUT2D eigenvalue weighted by Crippen LogP contribution is -2.50. The summed E-state index contributed by atoms with van der Waals surface area (Å²) >= 11 is 0. The van der Waals surface area contributed by atoms with Crippen LogP contribution in [0.3, 0.4) is 0 Å². The van der Waals surface area contributed by atoms with Gasteiger partial charge >= 0.3 is 0 Å². The fourth-order valence-corrected chi connectivity index (χ4v) is 4.17. The second-order valence-electron chi connectivity index (χ2n) is 8.44. The lowest BCUT2D eigenvalue weighted by Gasteiger charge is -2.39. The molecule has 150 valence electrons. The molecule has 1 aromatic heterocycles. The molecular formula is C22H30N4O2. The van der Waals surface area contributed by atoms with E-state index in [0.29, 0.717) is 11.7 Å². The highest BCUT2D eigenvalue weighted by Crippen LogP contribution is 2.28. The number of fused-ring (bicyclic) bond motifs is 1. The molecule has 1 aliphatic heterocycles. The van der Waals surface area contributed by atoms with Crippen molar-refractivity contribution in [2.45, 2.75) is 45.2 Å². The van der Waals surface area contributed by atoms with Crippen LogP contribution >= 0.6 is 0 Å². The third-order valence-corrected chi connectivity index (χ3v) is 5.96. The maximum atomic E-state index is 12.4. The molecule has 2 heterocycles. The maximum absolute atomic E-state index is 12.4. The maximum Gasteiger partial charge on any atom is 0.271 e. The summed E-state index contributed by atoms with van der Waals surface area (Å²) in [6.45, 7) is 5.69. The molecule has 1 saturated heterocycles. The van der Waals surface area contributed by atoms with E-state index in [1.807, 2.05) is 6.07 Å². The van der Waals surface area contributed by atoms with Crippen molar-refractivity contribution in [3.8, 4) is 0 Å². The minimum Gasteiger partial charge on any atom is -0.380 e. The highest BCUT2D eigenvalue weighted by Gasteiger charge is 2.35. The second-order valence-corrected chi connectivity index (χ2v) is 8.44. The van der Waals surface area contributed by atoms with Gasteiger partial charge in [0.2, 0.25) is 0 Å². The zero-order chi connectivity index (χ0) is 19.6. The Morgan fingerprint density at radius 2 is 2.11 bits per heavy atom. The molecule has 28 heavy (non-hydrogen) atoms. The molecule has 1 amide bonds. The van der Waals surface area contributed by atoms with Gasteiger partial charge in [0.25, 0.3) is 5.91 Å². The number of nitrogens with one attached hydrogen (secondary N) is 2. The van der Waals surface area contributed by atoms with Crippen molar-refractivity contribution in [2.75, 3.05) is 26.8 Å². The minimum absolute atomic E-state index is 0.0882. The first-order valence-electron chi connectivity index (χ1n) is 10.2. The van der Waals surface area contributed by atoms with E-state index < -0.39 is 0 Å². The van der Waals surface area contributed by atoms with Crippen molar-refractivity contribution in [1.29, 1.82) is 0 Å². The van der Waals surface area contributed by atoms with Crippen molar-refractivity contribution in [1.82, 2.24) is 20.4 Å². The average molecular weight is 383 g/mol. The number of ether oxygens (including phenoxy) is 1. The fourth-order valence-electron chi connectivity index (χ4n) is 4.17. The van der Waals surface area contributed by atoms with Gasteiger partial charge in [0.1, 0.15) is 0 Å². The van der Waals surface area contributed by atoms with Gasteiger partial charge < -0.3 is 15.4 Å². The average Bonchev–Trinajstić information content (AvgIpc) is 3.07. The molecule has 0 bridgehead atoms. The summed E-state index contributed by atoms with van der Waals surface area (Å²) < 4.78 is 7.42. The van der Waals surface area contributed by atoms with Gasteiger partial charge in [0.05, 0.1) is 13.2 Å². The van der Waals surface area contributed by atoms with Gasteiger partial charge in [-0.1, -0.05) is 37.3 Å². The third-order valence-electron chi connectivity index (χ3n) is 5.96. The molecule has 6 heteroatoms. The van der Waals surface area contributed by atoms with Crippen LogP contribution in [0.15, 0.2) is 30.3 Å². The monoisotopic (exact) mass is 382 g/mol. The highest BCUT2D eigenvalue weighted by molar-refractivity contribution is 5.93. The van der Waals surface area contributed by atoms with Crippen LogP contribution in [0.25, 0.3) is 0 Å². The van der Waals surface area contributed by atoms with E-state index in [1.165, 1.54) is 11.3 Å². The first kappa shape index (κ1) is 19.2. The molecular weight excluding hydrogens is 352 g/mol. The molecule has 1 aromatic carbocycles. The largest absolute Gasteiger partial charge is 0.380 e. The number of aromatic nitrogens is 2. The molecule has 4 rings (SSSR count). The summed E-state index contributed by atoms with van der Waals surface area (Å²) in [5, 5.41) is 11.2. The summed E-state index contributed by atoms with van der Waals surface area (Å²) in [5.41, 5.74) is 4.48. The van der Waals surface area contributed by atoms with Crippen molar-refractivity contribution < 1.29 is 9.53 Å². The van der Waals surface area contributed by atoms with Gasteiger partial charge in [-0.25, -0.2) is 0 Å². The number of amides is 1. The van der Waals surface area contributed by atoms with E-state index in [9.17, 15) is 4.79 Å².